The van der Waals surface area contributed by atoms with Crippen molar-refractivity contribution in [2.45, 2.75) is 6.54 Å². The van der Waals surface area contributed by atoms with Crippen molar-refractivity contribution in [2.24, 2.45) is 0 Å². The van der Waals surface area contributed by atoms with Crippen molar-refractivity contribution in [3.63, 3.8) is 0 Å². The Labute approximate surface area is 96.4 Å². The molecule has 0 spiro atoms. The first-order valence-corrected chi connectivity index (χ1v) is 5.11. The maximum absolute atomic E-state index is 5.78. The second kappa shape index (κ2) is 3.82. The lowest BCUT2D eigenvalue weighted by molar-refractivity contribution is 0.412. The first kappa shape index (κ1) is 9.71. The number of nitrogens with two attached hydrogens (primary N) is 1. The SMILES string of the molecule is Nc1cccc2oc(NCc3ccon3)nc12. The van der Waals surface area contributed by atoms with Gasteiger partial charge in [-0.2, -0.15) is 4.98 Å². The highest BCUT2D eigenvalue weighted by molar-refractivity contribution is 5.86. The van der Waals surface area contributed by atoms with Crippen LogP contribution in [0.3, 0.4) is 0 Å². The zero-order valence-electron chi connectivity index (χ0n) is 8.88. The average molecular weight is 230 g/mol. The van der Waals surface area contributed by atoms with Crippen molar-refractivity contribution in [3.8, 4) is 0 Å². The van der Waals surface area contributed by atoms with Crippen LogP contribution < -0.4 is 11.1 Å². The fourth-order valence-electron chi connectivity index (χ4n) is 1.54. The molecule has 0 saturated carbocycles. The molecule has 86 valence electrons. The maximum Gasteiger partial charge on any atom is 0.296 e. The van der Waals surface area contributed by atoms with Crippen LogP contribution >= 0.6 is 0 Å². The number of anilines is 2. The highest BCUT2D eigenvalue weighted by atomic mass is 16.5. The van der Waals surface area contributed by atoms with E-state index in [0.29, 0.717) is 29.3 Å². The first-order chi connectivity index (χ1) is 8.33. The molecule has 0 fully saturated rings. The number of hydrogen-bond donors (Lipinski definition) is 2. The summed E-state index contributed by atoms with van der Waals surface area (Å²) < 4.78 is 10.2. The number of hydrogen-bond acceptors (Lipinski definition) is 6. The van der Waals surface area contributed by atoms with E-state index in [9.17, 15) is 0 Å². The Bertz CT molecular complexity index is 630. The van der Waals surface area contributed by atoms with E-state index >= 15 is 0 Å². The Morgan fingerprint density at radius 3 is 3.00 bits per heavy atom. The van der Waals surface area contributed by atoms with E-state index in [4.69, 9.17) is 14.7 Å². The molecule has 0 saturated heterocycles. The van der Waals surface area contributed by atoms with Gasteiger partial charge in [0.25, 0.3) is 6.01 Å². The molecule has 0 aliphatic carbocycles. The molecule has 3 N–H and O–H groups in total. The first-order valence-electron chi connectivity index (χ1n) is 5.11. The highest BCUT2D eigenvalue weighted by Gasteiger charge is 2.07. The molecule has 0 aliphatic rings. The fourth-order valence-corrected chi connectivity index (χ4v) is 1.54. The summed E-state index contributed by atoms with van der Waals surface area (Å²) in [6.45, 7) is 0.489. The number of para-hydroxylation sites is 1. The van der Waals surface area contributed by atoms with Gasteiger partial charge in [-0.3, -0.25) is 0 Å². The fraction of sp³-hybridized carbons (Fsp3) is 0.0909. The van der Waals surface area contributed by atoms with Crippen LogP contribution in [-0.2, 0) is 6.54 Å². The number of nitrogens with zero attached hydrogens (tertiary/aromatic N) is 2. The summed E-state index contributed by atoms with van der Waals surface area (Å²) in [7, 11) is 0. The molecule has 2 aromatic heterocycles. The molecular formula is C11H10N4O2. The maximum atomic E-state index is 5.78. The van der Waals surface area contributed by atoms with E-state index in [1.807, 2.05) is 12.1 Å². The second-order valence-electron chi connectivity index (χ2n) is 3.56. The number of nitrogens with one attached hydrogen (secondary N) is 1. The zero-order chi connectivity index (χ0) is 11.7. The third kappa shape index (κ3) is 1.80. The Hall–Kier alpha value is -2.50. The number of fused-ring (bicyclic) bond motifs is 1. The Morgan fingerprint density at radius 2 is 2.24 bits per heavy atom. The van der Waals surface area contributed by atoms with Gasteiger partial charge >= 0.3 is 0 Å². The van der Waals surface area contributed by atoms with Gasteiger partial charge in [-0.1, -0.05) is 11.2 Å². The molecule has 0 aliphatic heterocycles. The molecule has 0 bridgehead atoms. The van der Waals surface area contributed by atoms with Crippen molar-refractivity contribution in [2.75, 3.05) is 11.1 Å². The summed E-state index contributed by atoms with van der Waals surface area (Å²) in [5.41, 5.74) is 8.48. The molecule has 2 heterocycles. The molecule has 0 unspecified atom stereocenters. The largest absolute Gasteiger partial charge is 0.423 e. The number of nitrogen functional groups attached to an aromatic ring is 1. The second-order valence-corrected chi connectivity index (χ2v) is 3.56. The van der Waals surface area contributed by atoms with Crippen molar-refractivity contribution in [3.05, 3.63) is 36.2 Å². The van der Waals surface area contributed by atoms with E-state index in [1.165, 1.54) is 6.26 Å². The Balaban J connectivity index is 1.84. The molecule has 0 amide bonds. The van der Waals surface area contributed by atoms with Gasteiger partial charge in [0.1, 0.15) is 17.5 Å². The van der Waals surface area contributed by atoms with Crippen molar-refractivity contribution >= 4 is 22.8 Å². The van der Waals surface area contributed by atoms with Gasteiger partial charge in [0.15, 0.2) is 5.58 Å². The molecule has 6 heteroatoms. The highest BCUT2D eigenvalue weighted by Crippen LogP contribution is 2.23. The Kier molecular flexibility index (Phi) is 2.18. The lowest BCUT2D eigenvalue weighted by Gasteiger charge is -1.95. The summed E-state index contributed by atoms with van der Waals surface area (Å²) in [6, 6.07) is 7.61. The van der Waals surface area contributed by atoms with Gasteiger partial charge in [-0.25, -0.2) is 0 Å². The minimum Gasteiger partial charge on any atom is -0.423 e. The third-order valence-corrected chi connectivity index (χ3v) is 2.36. The number of oxazole rings is 1. The minimum absolute atomic E-state index is 0.418. The standard InChI is InChI=1S/C11H10N4O2/c12-8-2-1-3-9-10(8)14-11(17-9)13-6-7-4-5-16-15-7/h1-5H,6,12H2,(H,13,14). The van der Waals surface area contributed by atoms with Crippen LogP contribution in [0.2, 0.25) is 0 Å². The zero-order valence-corrected chi connectivity index (χ0v) is 8.88. The van der Waals surface area contributed by atoms with Crippen LogP contribution in [0.25, 0.3) is 11.1 Å². The van der Waals surface area contributed by atoms with Crippen LogP contribution in [0.4, 0.5) is 11.7 Å². The minimum atomic E-state index is 0.418. The monoisotopic (exact) mass is 230 g/mol. The van der Waals surface area contributed by atoms with E-state index in [1.54, 1.807) is 12.1 Å². The van der Waals surface area contributed by atoms with Gasteiger partial charge in [-0.15, -0.1) is 0 Å². The summed E-state index contributed by atoms with van der Waals surface area (Å²) in [5, 5.41) is 6.78. The summed E-state index contributed by atoms with van der Waals surface area (Å²) in [6.07, 6.45) is 1.51. The van der Waals surface area contributed by atoms with E-state index in [-0.39, 0.29) is 0 Å². The predicted octanol–water partition coefficient (Wildman–Crippen LogP) is 2.01. The van der Waals surface area contributed by atoms with Gasteiger partial charge in [-0.05, 0) is 12.1 Å². The quantitative estimate of drug-likeness (QED) is 0.669. The van der Waals surface area contributed by atoms with Crippen LogP contribution in [0.1, 0.15) is 5.69 Å². The molecule has 0 atom stereocenters. The summed E-state index contributed by atoms with van der Waals surface area (Å²) in [4.78, 5) is 4.25. The van der Waals surface area contributed by atoms with Gasteiger partial charge in [0, 0.05) is 6.07 Å². The van der Waals surface area contributed by atoms with Crippen LogP contribution in [0.5, 0.6) is 0 Å². The number of aromatic nitrogens is 2. The van der Waals surface area contributed by atoms with Crippen molar-refractivity contribution in [1.29, 1.82) is 0 Å². The smallest absolute Gasteiger partial charge is 0.296 e. The van der Waals surface area contributed by atoms with E-state index < -0.39 is 0 Å². The van der Waals surface area contributed by atoms with Crippen molar-refractivity contribution in [1.82, 2.24) is 10.1 Å². The van der Waals surface area contributed by atoms with Crippen molar-refractivity contribution < 1.29 is 8.94 Å². The lowest BCUT2D eigenvalue weighted by Crippen LogP contribution is -1.99. The molecule has 3 aromatic rings. The third-order valence-electron chi connectivity index (χ3n) is 2.36. The molecular weight excluding hydrogens is 220 g/mol. The lowest BCUT2D eigenvalue weighted by atomic mass is 10.3. The van der Waals surface area contributed by atoms with Crippen LogP contribution in [0, 0.1) is 0 Å². The van der Waals surface area contributed by atoms with Gasteiger partial charge in [0.05, 0.1) is 12.2 Å². The Morgan fingerprint density at radius 1 is 1.29 bits per heavy atom. The molecule has 1 aromatic carbocycles. The molecule has 6 nitrogen and oxygen atoms in total. The van der Waals surface area contributed by atoms with Gasteiger partial charge < -0.3 is 20.0 Å². The van der Waals surface area contributed by atoms with Crippen LogP contribution in [0.15, 0.2) is 39.5 Å². The van der Waals surface area contributed by atoms with E-state index in [2.05, 4.69) is 15.5 Å². The molecule has 17 heavy (non-hydrogen) atoms. The summed E-state index contributed by atoms with van der Waals surface area (Å²) in [5.74, 6) is 0. The topological polar surface area (TPSA) is 90.1 Å². The van der Waals surface area contributed by atoms with Gasteiger partial charge in [0.2, 0.25) is 0 Å². The number of rotatable bonds is 3. The predicted molar refractivity (Wildman–Crippen MR) is 62.3 cm³/mol. The number of benzene rings is 1. The van der Waals surface area contributed by atoms with Crippen LogP contribution in [-0.4, -0.2) is 10.1 Å². The summed E-state index contributed by atoms with van der Waals surface area (Å²) >= 11 is 0. The molecule has 3 rings (SSSR count). The normalized spacial score (nSPS) is 10.8. The van der Waals surface area contributed by atoms with E-state index in [0.717, 1.165) is 5.69 Å². The average Bonchev–Trinajstić information content (AvgIpc) is 2.95. The molecule has 0 radical (unpaired) electrons.